The maximum absolute atomic E-state index is 13.8. The van der Waals surface area contributed by atoms with Gasteiger partial charge in [0.2, 0.25) is 5.71 Å². The molecule has 0 unspecified atom stereocenters. The molecule has 0 aliphatic carbocycles. The number of benzene rings is 1. The molecule has 0 radical (unpaired) electrons. The minimum atomic E-state index is -1.69. The van der Waals surface area contributed by atoms with Crippen LogP contribution in [0.15, 0.2) is 17.2 Å². The van der Waals surface area contributed by atoms with Gasteiger partial charge < -0.3 is 0 Å². The van der Waals surface area contributed by atoms with Gasteiger partial charge in [-0.1, -0.05) is 25.6 Å². The van der Waals surface area contributed by atoms with Crippen molar-refractivity contribution >= 4 is 19.5 Å². The van der Waals surface area contributed by atoms with Crippen LogP contribution in [0.25, 0.3) is 0 Å². The number of halogens is 2. The molecule has 0 amide bonds. The van der Waals surface area contributed by atoms with E-state index >= 15 is 0 Å². The third-order valence-electron chi connectivity index (χ3n) is 2.15. The van der Waals surface area contributed by atoms with Crippen molar-refractivity contribution in [3.8, 4) is 23.6 Å². The van der Waals surface area contributed by atoms with E-state index in [0.29, 0.717) is 0 Å². The van der Waals surface area contributed by atoms with Crippen LogP contribution in [0, 0.1) is 45.8 Å². The van der Waals surface area contributed by atoms with Crippen LogP contribution in [0.4, 0.5) is 14.5 Å². The first-order valence-electron chi connectivity index (χ1n) is 5.93. The highest BCUT2D eigenvalue weighted by Gasteiger charge is 2.13. The van der Waals surface area contributed by atoms with Crippen LogP contribution in [0.5, 0.6) is 0 Å². The Kier molecular flexibility index (Phi) is 5.18. The Morgan fingerprint density at radius 3 is 2.29 bits per heavy atom. The van der Waals surface area contributed by atoms with Gasteiger partial charge in [0.15, 0.2) is 11.6 Å². The molecule has 0 aliphatic rings. The number of nitrogens with zero attached hydrogens (tertiary/aromatic N) is 3. The summed E-state index contributed by atoms with van der Waals surface area (Å²) in [7, 11) is -1.69. The van der Waals surface area contributed by atoms with Gasteiger partial charge in [-0.15, -0.1) is 5.54 Å². The number of nitrogens with one attached hydrogen (secondary N) is 1. The average Bonchev–Trinajstić information content (AvgIpc) is 2.42. The lowest BCUT2D eigenvalue weighted by molar-refractivity contribution is 0.509. The molecule has 0 saturated carbocycles. The standard InChI is InChI=1S/C14H12F2N4Si/c1-21(2,3)7-6-10-4-5-12(14(16)13(10)15)20-19-11(8-17)9-18/h4-5,20H,1-3H3. The fourth-order valence-corrected chi connectivity index (χ4v) is 1.69. The third-order valence-corrected chi connectivity index (χ3v) is 3.03. The average molecular weight is 302 g/mol. The molecule has 7 heteroatoms. The van der Waals surface area contributed by atoms with E-state index in [0.717, 1.165) is 0 Å². The molecule has 0 saturated heterocycles. The SMILES string of the molecule is C[Si](C)(C)C#Cc1ccc(NN=C(C#N)C#N)c(F)c1F. The molecule has 106 valence electrons. The normalized spacial score (nSPS) is 9.67. The smallest absolute Gasteiger partial charge is 0.237 e. The summed E-state index contributed by atoms with van der Waals surface area (Å²) in [5, 5.41) is 20.3. The van der Waals surface area contributed by atoms with E-state index in [1.54, 1.807) is 0 Å². The molecule has 21 heavy (non-hydrogen) atoms. The molecule has 0 aromatic heterocycles. The van der Waals surface area contributed by atoms with E-state index in [9.17, 15) is 8.78 Å². The number of hydrogen-bond acceptors (Lipinski definition) is 4. The fraction of sp³-hybridized carbons (Fsp3) is 0.214. The van der Waals surface area contributed by atoms with E-state index < -0.39 is 25.4 Å². The molecule has 0 fully saturated rings. The minimum absolute atomic E-state index is 0.0368. The van der Waals surface area contributed by atoms with E-state index in [1.807, 2.05) is 19.6 Å². The zero-order valence-corrected chi connectivity index (χ0v) is 12.8. The highest BCUT2D eigenvalue weighted by Crippen LogP contribution is 2.20. The van der Waals surface area contributed by atoms with Crippen molar-refractivity contribution in [1.82, 2.24) is 0 Å². The molecular weight excluding hydrogens is 290 g/mol. The number of hydrazone groups is 1. The Bertz CT molecular complexity index is 709. The quantitative estimate of drug-likeness (QED) is 0.395. The summed E-state index contributed by atoms with van der Waals surface area (Å²) in [6.07, 6.45) is 0. The maximum Gasteiger partial charge on any atom is 0.237 e. The predicted molar refractivity (Wildman–Crippen MR) is 78.9 cm³/mol. The van der Waals surface area contributed by atoms with Crippen molar-refractivity contribution in [3.63, 3.8) is 0 Å². The van der Waals surface area contributed by atoms with Crippen LogP contribution in [0.1, 0.15) is 5.56 Å². The van der Waals surface area contributed by atoms with Gasteiger partial charge in [0, 0.05) is 0 Å². The highest BCUT2D eigenvalue weighted by molar-refractivity contribution is 6.83. The van der Waals surface area contributed by atoms with Crippen LogP contribution in [0.3, 0.4) is 0 Å². The summed E-state index contributed by atoms with van der Waals surface area (Å²) >= 11 is 0. The summed E-state index contributed by atoms with van der Waals surface area (Å²) < 4.78 is 27.7. The van der Waals surface area contributed by atoms with E-state index in [-0.39, 0.29) is 11.3 Å². The second-order valence-corrected chi connectivity index (χ2v) is 9.83. The summed E-state index contributed by atoms with van der Waals surface area (Å²) in [6, 6.07) is 5.57. The summed E-state index contributed by atoms with van der Waals surface area (Å²) in [5.74, 6) is 0.394. The lowest BCUT2D eigenvalue weighted by Gasteiger charge is -2.06. The van der Waals surface area contributed by atoms with E-state index in [1.165, 1.54) is 24.3 Å². The first kappa shape index (κ1) is 16.4. The monoisotopic (exact) mass is 302 g/mol. The van der Waals surface area contributed by atoms with Gasteiger partial charge in [0.1, 0.15) is 20.2 Å². The van der Waals surface area contributed by atoms with E-state index in [2.05, 4.69) is 22.0 Å². The highest BCUT2D eigenvalue weighted by atomic mass is 28.3. The molecule has 1 aromatic carbocycles. The Labute approximate surface area is 122 Å². The maximum atomic E-state index is 13.8. The Morgan fingerprint density at radius 1 is 1.14 bits per heavy atom. The topological polar surface area (TPSA) is 72.0 Å². The predicted octanol–water partition coefficient (Wildman–Crippen LogP) is 3.01. The lowest BCUT2D eigenvalue weighted by atomic mass is 10.2. The van der Waals surface area contributed by atoms with Crippen molar-refractivity contribution in [1.29, 1.82) is 10.5 Å². The molecule has 0 heterocycles. The van der Waals surface area contributed by atoms with Gasteiger partial charge in [0.05, 0.1) is 11.3 Å². The van der Waals surface area contributed by atoms with Crippen molar-refractivity contribution < 1.29 is 8.78 Å². The van der Waals surface area contributed by atoms with Crippen LogP contribution in [0.2, 0.25) is 19.6 Å². The zero-order chi connectivity index (χ0) is 16.0. The van der Waals surface area contributed by atoms with Gasteiger partial charge in [-0.3, -0.25) is 5.43 Å². The van der Waals surface area contributed by atoms with Gasteiger partial charge >= 0.3 is 0 Å². The molecule has 0 atom stereocenters. The van der Waals surface area contributed by atoms with Crippen molar-refractivity contribution in [2.45, 2.75) is 19.6 Å². The van der Waals surface area contributed by atoms with Crippen LogP contribution >= 0.6 is 0 Å². The van der Waals surface area contributed by atoms with Gasteiger partial charge in [0.25, 0.3) is 0 Å². The van der Waals surface area contributed by atoms with Gasteiger partial charge in [-0.2, -0.15) is 15.6 Å². The largest absolute Gasteiger partial charge is 0.273 e. The molecule has 1 aromatic rings. The molecule has 4 nitrogen and oxygen atoms in total. The number of nitriles is 2. The lowest BCUT2D eigenvalue weighted by Crippen LogP contribution is -2.16. The molecule has 1 rings (SSSR count). The van der Waals surface area contributed by atoms with Crippen molar-refractivity contribution in [3.05, 3.63) is 29.3 Å². The van der Waals surface area contributed by atoms with Crippen LogP contribution < -0.4 is 5.43 Å². The molecule has 1 N–H and O–H groups in total. The molecule has 0 aliphatic heterocycles. The Morgan fingerprint density at radius 2 is 1.76 bits per heavy atom. The molecule has 0 bridgehead atoms. The van der Waals surface area contributed by atoms with Crippen LogP contribution in [-0.4, -0.2) is 13.8 Å². The first-order chi connectivity index (χ1) is 9.78. The summed E-state index contributed by atoms with van der Waals surface area (Å²) in [6.45, 7) is 5.97. The van der Waals surface area contributed by atoms with Gasteiger partial charge in [-0.25, -0.2) is 8.78 Å². The second-order valence-electron chi connectivity index (χ2n) is 5.08. The number of hydrogen-bond donors (Lipinski definition) is 1. The second kappa shape index (κ2) is 6.65. The number of anilines is 1. The van der Waals surface area contributed by atoms with Crippen molar-refractivity contribution in [2.24, 2.45) is 5.10 Å². The fourth-order valence-electron chi connectivity index (χ4n) is 1.18. The molecular formula is C14H12F2N4Si. The summed E-state index contributed by atoms with van der Waals surface area (Å²) in [5.41, 5.74) is 4.29. The Hall–Kier alpha value is -2.69. The first-order valence-corrected chi connectivity index (χ1v) is 9.43. The zero-order valence-electron chi connectivity index (χ0n) is 11.8. The van der Waals surface area contributed by atoms with Crippen LogP contribution in [-0.2, 0) is 0 Å². The summed E-state index contributed by atoms with van der Waals surface area (Å²) in [4.78, 5) is 0. The van der Waals surface area contributed by atoms with E-state index in [4.69, 9.17) is 10.5 Å². The van der Waals surface area contributed by atoms with Crippen molar-refractivity contribution in [2.75, 3.05) is 5.43 Å². The Balaban J connectivity index is 3.12. The molecule has 0 spiro atoms. The number of rotatable bonds is 2. The van der Waals surface area contributed by atoms with Gasteiger partial charge in [-0.05, 0) is 12.1 Å². The minimum Gasteiger partial charge on any atom is -0.273 e. The third kappa shape index (κ3) is 4.72.